The number of anilines is 1. The van der Waals surface area contributed by atoms with Crippen molar-refractivity contribution in [3.05, 3.63) is 23.8 Å². The van der Waals surface area contributed by atoms with Gasteiger partial charge in [0.05, 0.1) is 13.2 Å². The molecule has 1 fully saturated rings. The van der Waals surface area contributed by atoms with Gasteiger partial charge < -0.3 is 15.4 Å². The van der Waals surface area contributed by atoms with E-state index < -0.39 is 17.4 Å². The summed E-state index contributed by atoms with van der Waals surface area (Å²) < 4.78 is 31.4. The van der Waals surface area contributed by atoms with Gasteiger partial charge in [-0.25, -0.2) is 8.78 Å². The molecule has 1 unspecified atom stereocenters. The van der Waals surface area contributed by atoms with Gasteiger partial charge in [-0.15, -0.1) is 12.4 Å². The highest BCUT2D eigenvalue weighted by Crippen LogP contribution is 2.25. The van der Waals surface area contributed by atoms with Crippen LogP contribution in [-0.2, 0) is 4.79 Å². The molecule has 2 rings (SSSR count). The molecule has 19 heavy (non-hydrogen) atoms. The predicted molar refractivity (Wildman–Crippen MR) is 69.8 cm³/mol. The fourth-order valence-corrected chi connectivity index (χ4v) is 1.96. The number of hydrogen-bond acceptors (Lipinski definition) is 3. The van der Waals surface area contributed by atoms with Gasteiger partial charge in [0.1, 0.15) is 0 Å². The summed E-state index contributed by atoms with van der Waals surface area (Å²) in [4.78, 5) is 11.7. The number of methoxy groups -OCH3 is 1. The maximum atomic E-state index is 13.4. The average molecular weight is 293 g/mol. The fourth-order valence-electron chi connectivity index (χ4n) is 1.96. The van der Waals surface area contributed by atoms with E-state index in [1.165, 1.54) is 7.11 Å². The average Bonchev–Trinajstić information content (AvgIpc) is 2.81. The highest BCUT2D eigenvalue weighted by Gasteiger charge is 2.22. The molecule has 1 heterocycles. The number of carbonyl (C=O) groups is 1. The van der Waals surface area contributed by atoms with E-state index in [0.717, 1.165) is 31.5 Å². The Bertz CT molecular complexity index is 442. The van der Waals surface area contributed by atoms with Crippen molar-refractivity contribution in [2.45, 2.75) is 18.9 Å². The Hall–Kier alpha value is -1.40. The molecule has 1 aliphatic rings. The Kier molecular flexibility index (Phi) is 5.50. The first-order chi connectivity index (χ1) is 8.61. The van der Waals surface area contributed by atoms with Gasteiger partial charge in [-0.3, -0.25) is 4.79 Å². The van der Waals surface area contributed by atoms with E-state index in [1.54, 1.807) is 0 Å². The van der Waals surface area contributed by atoms with Gasteiger partial charge in [-0.05, 0) is 19.4 Å². The van der Waals surface area contributed by atoms with Gasteiger partial charge in [-0.2, -0.15) is 0 Å². The number of halogens is 3. The van der Waals surface area contributed by atoms with Crippen LogP contribution < -0.4 is 15.4 Å². The van der Waals surface area contributed by atoms with E-state index in [4.69, 9.17) is 0 Å². The van der Waals surface area contributed by atoms with Crippen LogP contribution in [0.15, 0.2) is 12.1 Å². The van der Waals surface area contributed by atoms with Crippen molar-refractivity contribution >= 4 is 24.0 Å². The fraction of sp³-hybridized carbons (Fsp3) is 0.417. The summed E-state index contributed by atoms with van der Waals surface area (Å²) in [6.45, 7) is 0.781. The van der Waals surface area contributed by atoms with E-state index in [0.29, 0.717) is 0 Å². The van der Waals surface area contributed by atoms with E-state index in [2.05, 4.69) is 15.4 Å². The van der Waals surface area contributed by atoms with Crippen molar-refractivity contribution in [2.24, 2.45) is 0 Å². The second-order valence-electron chi connectivity index (χ2n) is 4.11. The SMILES string of the molecule is COc1c(F)cc(NC(=O)C2CCCN2)cc1F.Cl. The molecule has 1 aliphatic heterocycles. The van der Waals surface area contributed by atoms with Crippen molar-refractivity contribution in [2.75, 3.05) is 19.0 Å². The van der Waals surface area contributed by atoms with Crippen LogP contribution in [0.25, 0.3) is 0 Å². The minimum atomic E-state index is -0.841. The molecule has 1 amide bonds. The summed E-state index contributed by atoms with van der Waals surface area (Å²) >= 11 is 0. The lowest BCUT2D eigenvalue weighted by Crippen LogP contribution is -2.35. The minimum Gasteiger partial charge on any atom is -0.491 e. The molecule has 4 nitrogen and oxygen atoms in total. The zero-order valence-corrected chi connectivity index (χ0v) is 11.2. The second-order valence-corrected chi connectivity index (χ2v) is 4.11. The predicted octanol–water partition coefficient (Wildman–Crippen LogP) is 2.09. The molecule has 1 saturated heterocycles. The summed E-state index contributed by atoms with van der Waals surface area (Å²) in [5, 5.41) is 5.48. The van der Waals surface area contributed by atoms with E-state index in [9.17, 15) is 13.6 Å². The van der Waals surface area contributed by atoms with E-state index in [-0.39, 0.29) is 30.0 Å². The standard InChI is InChI=1S/C12H14F2N2O2.ClH/c1-18-11-8(13)5-7(6-9(11)14)16-12(17)10-3-2-4-15-10;/h5-6,10,15H,2-4H2,1H3,(H,16,17);1H. The third kappa shape index (κ3) is 3.54. The number of benzene rings is 1. The molecule has 0 aliphatic carbocycles. The first kappa shape index (κ1) is 15.7. The van der Waals surface area contributed by atoms with Gasteiger partial charge in [0.2, 0.25) is 5.91 Å². The van der Waals surface area contributed by atoms with Crippen molar-refractivity contribution < 1.29 is 18.3 Å². The first-order valence-electron chi connectivity index (χ1n) is 5.69. The number of amides is 1. The lowest BCUT2D eigenvalue weighted by atomic mass is 10.2. The zero-order chi connectivity index (χ0) is 13.1. The second kappa shape index (κ2) is 6.68. The number of rotatable bonds is 3. The third-order valence-electron chi connectivity index (χ3n) is 2.85. The molecule has 0 spiro atoms. The van der Waals surface area contributed by atoms with E-state index >= 15 is 0 Å². The van der Waals surface area contributed by atoms with Crippen LogP contribution in [0, 0.1) is 11.6 Å². The van der Waals surface area contributed by atoms with Gasteiger partial charge >= 0.3 is 0 Å². The molecule has 7 heteroatoms. The lowest BCUT2D eigenvalue weighted by molar-refractivity contribution is -0.117. The number of ether oxygens (including phenoxy) is 1. The Balaban J connectivity index is 0.00000180. The van der Waals surface area contributed by atoms with Gasteiger partial charge in [0.15, 0.2) is 17.4 Å². The molecule has 0 saturated carbocycles. The van der Waals surface area contributed by atoms with Crippen LogP contribution in [0.5, 0.6) is 5.75 Å². The topological polar surface area (TPSA) is 50.4 Å². The third-order valence-corrected chi connectivity index (χ3v) is 2.85. The van der Waals surface area contributed by atoms with Crippen molar-refractivity contribution in [1.82, 2.24) is 5.32 Å². The molecular weight excluding hydrogens is 278 g/mol. The van der Waals surface area contributed by atoms with Gasteiger partial charge in [-0.1, -0.05) is 0 Å². The molecule has 0 bridgehead atoms. The Morgan fingerprint density at radius 2 is 2.05 bits per heavy atom. The van der Waals surface area contributed by atoms with Crippen LogP contribution in [0.1, 0.15) is 12.8 Å². The molecule has 1 atom stereocenters. The largest absolute Gasteiger partial charge is 0.491 e. The molecule has 0 radical (unpaired) electrons. The van der Waals surface area contributed by atoms with E-state index in [1.807, 2.05) is 0 Å². The smallest absolute Gasteiger partial charge is 0.241 e. The highest BCUT2D eigenvalue weighted by molar-refractivity contribution is 5.95. The maximum absolute atomic E-state index is 13.4. The monoisotopic (exact) mass is 292 g/mol. The Morgan fingerprint density at radius 1 is 1.42 bits per heavy atom. The molecule has 1 aromatic rings. The van der Waals surface area contributed by atoms with Crippen LogP contribution in [-0.4, -0.2) is 25.6 Å². The van der Waals surface area contributed by atoms with Crippen molar-refractivity contribution in [1.29, 1.82) is 0 Å². The van der Waals surface area contributed by atoms with Crippen LogP contribution >= 0.6 is 12.4 Å². The first-order valence-corrected chi connectivity index (χ1v) is 5.69. The minimum absolute atomic E-state index is 0. The summed E-state index contributed by atoms with van der Waals surface area (Å²) in [5.41, 5.74) is 0.0875. The summed E-state index contributed by atoms with van der Waals surface area (Å²) in [7, 11) is 1.18. The number of carbonyl (C=O) groups excluding carboxylic acids is 1. The highest BCUT2D eigenvalue weighted by atomic mass is 35.5. The Morgan fingerprint density at radius 3 is 2.53 bits per heavy atom. The zero-order valence-electron chi connectivity index (χ0n) is 10.3. The number of nitrogens with one attached hydrogen (secondary N) is 2. The molecule has 2 N–H and O–H groups in total. The Labute approximate surface area is 115 Å². The normalized spacial score (nSPS) is 17.7. The molecular formula is C12H15ClF2N2O2. The lowest BCUT2D eigenvalue weighted by Gasteiger charge is -2.12. The van der Waals surface area contributed by atoms with Crippen molar-refractivity contribution in [3.8, 4) is 5.75 Å². The molecule has 1 aromatic carbocycles. The quantitative estimate of drug-likeness (QED) is 0.897. The van der Waals surface area contributed by atoms with Gasteiger partial charge in [0, 0.05) is 17.8 Å². The maximum Gasteiger partial charge on any atom is 0.241 e. The van der Waals surface area contributed by atoms with Crippen LogP contribution in [0.2, 0.25) is 0 Å². The van der Waals surface area contributed by atoms with Crippen LogP contribution in [0.4, 0.5) is 14.5 Å². The van der Waals surface area contributed by atoms with Gasteiger partial charge in [0.25, 0.3) is 0 Å². The summed E-state index contributed by atoms with van der Waals surface area (Å²) in [6, 6.07) is 1.78. The number of hydrogen-bond donors (Lipinski definition) is 2. The summed E-state index contributed by atoms with van der Waals surface area (Å²) in [6.07, 6.45) is 1.65. The van der Waals surface area contributed by atoms with Crippen molar-refractivity contribution in [3.63, 3.8) is 0 Å². The molecule has 0 aromatic heterocycles. The molecule has 106 valence electrons. The van der Waals surface area contributed by atoms with Crippen LogP contribution in [0.3, 0.4) is 0 Å². The summed E-state index contributed by atoms with van der Waals surface area (Å²) in [5.74, 6) is -2.41.